The van der Waals surface area contributed by atoms with Crippen LogP contribution in [0.3, 0.4) is 0 Å². The van der Waals surface area contributed by atoms with Gasteiger partial charge in [0.25, 0.3) is 0 Å². The molecule has 3 aromatic heterocycles. The highest BCUT2D eigenvalue weighted by Crippen LogP contribution is 2.37. The summed E-state index contributed by atoms with van der Waals surface area (Å²) in [6.07, 6.45) is 0.879. The number of carbonyl (C=O) groups excluding carboxylic acids is 2. The molecule has 0 aliphatic carbocycles. The molecule has 4 aromatic rings. The van der Waals surface area contributed by atoms with Gasteiger partial charge >= 0.3 is 12.2 Å². The molecule has 224 valence electrons. The van der Waals surface area contributed by atoms with Gasteiger partial charge in [0.05, 0.1) is 39.0 Å². The molecular weight excluding hydrogens is 560 g/mol. The number of nitrogens with one attached hydrogen (secondary N) is 1. The zero-order valence-corrected chi connectivity index (χ0v) is 26.0. The second-order valence-corrected chi connectivity index (χ2v) is 12.9. The lowest BCUT2D eigenvalue weighted by atomic mass is 10.2. The second kappa shape index (κ2) is 10.6. The number of carbonyl (C=O) groups is 2. The normalized spacial score (nSPS) is 14.5. The number of rotatable bonds is 3. The Balaban J connectivity index is 1.49. The smallest absolute Gasteiger partial charge is 0.435 e. The van der Waals surface area contributed by atoms with E-state index in [-0.39, 0.29) is 6.09 Å². The predicted octanol–water partition coefficient (Wildman–Crippen LogP) is 5.93. The van der Waals surface area contributed by atoms with Crippen LogP contribution in [0.25, 0.3) is 16.4 Å². The van der Waals surface area contributed by atoms with Crippen LogP contribution in [0.4, 0.5) is 26.9 Å². The van der Waals surface area contributed by atoms with Gasteiger partial charge in [-0.15, -0.1) is 10.2 Å². The Morgan fingerprint density at radius 1 is 0.881 bits per heavy atom. The summed E-state index contributed by atoms with van der Waals surface area (Å²) in [5.74, 6) is 0.896. The van der Waals surface area contributed by atoms with Gasteiger partial charge in [0.1, 0.15) is 11.2 Å². The minimum Gasteiger partial charge on any atom is -0.444 e. The number of fused-ring (bicyclic) bond motifs is 2. The quantitative estimate of drug-likeness (QED) is 0.307. The highest BCUT2D eigenvalue weighted by Gasteiger charge is 2.28. The van der Waals surface area contributed by atoms with Crippen LogP contribution in [-0.2, 0) is 9.47 Å². The number of aromatic nitrogens is 5. The average Bonchev–Trinajstić information content (AvgIpc) is 3.44. The van der Waals surface area contributed by atoms with E-state index in [2.05, 4.69) is 25.4 Å². The first kappa shape index (κ1) is 29.4. The maximum Gasteiger partial charge on any atom is 0.435 e. The summed E-state index contributed by atoms with van der Waals surface area (Å²) in [7, 11) is 0. The van der Waals surface area contributed by atoms with E-state index in [9.17, 15) is 9.59 Å². The molecule has 0 bridgehead atoms. The Hall–Kier alpha value is -4.06. The molecule has 0 spiro atoms. The monoisotopic (exact) mass is 596 g/mol. The third kappa shape index (κ3) is 6.23. The fourth-order valence-corrected chi connectivity index (χ4v) is 5.14. The Bertz CT molecular complexity index is 1670. The first-order chi connectivity index (χ1) is 19.6. The lowest BCUT2D eigenvalue weighted by Gasteiger charge is -2.36. The Labute approximate surface area is 249 Å². The van der Waals surface area contributed by atoms with Crippen LogP contribution in [0, 0.1) is 13.8 Å². The van der Waals surface area contributed by atoms with E-state index in [0.29, 0.717) is 53.7 Å². The number of hydrogen-bond acceptors (Lipinski definition) is 9. The van der Waals surface area contributed by atoms with Crippen LogP contribution in [0.5, 0.6) is 0 Å². The highest BCUT2D eigenvalue weighted by molar-refractivity contribution is 6.37. The molecule has 5 rings (SSSR count). The number of anilines is 3. The molecular formula is C29H37ClN8O4. The van der Waals surface area contributed by atoms with Gasteiger partial charge in [-0.05, 0) is 67.5 Å². The third-order valence-electron chi connectivity index (χ3n) is 6.59. The molecule has 42 heavy (non-hydrogen) atoms. The summed E-state index contributed by atoms with van der Waals surface area (Å²) >= 11 is 6.89. The van der Waals surface area contributed by atoms with Crippen LogP contribution in [0.2, 0.25) is 5.02 Å². The Kier molecular flexibility index (Phi) is 7.46. The zero-order valence-electron chi connectivity index (χ0n) is 25.3. The Morgan fingerprint density at radius 3 is 2.17 bits per heavy atom. The molecule has 1 aliphatic rings. The fourth-order valence-electron chi connectivity index (χ4n) is 4.84. The SMILES string of the molecule is Cc1cn2nc(Nc3nn(C(=O)OC(C)(C)C)c4cc(N5CCN(C(=O)OC(C)(C)C)CC5)cc(Cl)c34)cc2c(C)n1. The average molecular weight is 597 g/mol. The lowest BCUT2D eigenvalue weighted by molar-refractivity contribution is 0.0240. The van der Waals surface area contributed by atoms with Gasteiger partial charge in [-0.1, -0.05) is 11.6 Å². The summed E-state index contributed by atoms with van der Waals surface area (Å²) in [6.45, 7) is 16.9. The molecule has 0 radical (unpaired) electrons. The van der Waals surface area contributed by atoms with Gasteiger partial charge in [-0.3, -0.25) is 4.98 Å². The molecule has 1 aliphatic heterocycles. The summed E-state index contributed by atoms with van der Waals surface area (Å²) in [6, 6.07) is 5.58. The van der Waals surface area contributed by atoms with E-state index in [1.165, 1.54) is 4.68 Å². The topological polar surface area (TPSA) is 119 Å². The van der Waals surface area contributed by atoms with Crippen LogP contribution in [0.1, 0.15) is 52.9 Å². The summed E-state index contributed by atoms with van der Waals surface area (Å²) in [5, 5.41) is 13.4. The molecule has 12 nitrogen and oxygen atoms in total. The third-order valence-corrected chi connectivity index (χ3v) is 6.89. The van der Waals surface area contributed by atoms with E-state index < -0.39 is 17.3 Å². The zero-order chi connectivity index (χ0) is 30.6. The maximum atomic E-state index is 13.3. The minimum atomic E-state index is -0.730. The molecule has 1 N–H and O–H groups in total. The van der Waals surface area contributed by atoms with Crippen molar-refractivity contribution >= 4 is 57.5 Å². The van der Waals surface area contributed by atoms with Crippen molar-refractivity contribution in [1.82, 2.24) is 29.3 Å². The van der Waals surface area contributed by atoms with Gasteiger partial charge in [0.2, 0.25) is 0 Å². The van der Waals surface area contributed by atoms with Crippen LogP contribution >= 0.6 is 11.6 Å². The van der Waals surface area contributed by atoms with Crippen molar-refractivity contribution < 1.29 is 19.1 Å². The Morgan fingerprint density at radius 2 is 1.52 bits per heavy atom. The summed E-state index contributed by atoms with van der Waals surface area (Å²) < 4.78 is 14.2. The lowest BCUT2D eigenvalue weighted by Crippen LogP contribution is -2.50. The largest absolute Gasteiger partial charge is 0.444 e. The molecule has 1 aromatic carbocycles. The summed E-state index contributed by atoms with van der Waals surface area (Å²) in [4.78, 5) is 34.2. The van der Waals surface area contributed by atoms with Crippen molar-refractivity contribution in [2.75, 3.05) is 36.4 Å². The second-order valence-electron chi connectivity index (χ2n) is 12.5. The summed E-state index contributed by atoms with van der Waals surface area (Å²) in [5.41, 5.74) is 2.53. The number of nitrogens with zero attached hydrogens (tertiary/aromatic N) is 7. The van der Waals surface area contributed by atoms with E-state index >= 15 is 0 Å². The highest BCUT2D eigenvalue weighted by atomic mass is 35.5. The number of piperazine rings is 1. The van der Waals surface area contributed by atoms with Gasteiger partial charge in [0.15, 0.2) is 11.6 Å². The van der Waals surface area contributed by atoms with Gasteiger partial charge in [-0.25, -0.2) is 14.1 Å². The molecule has 1 saturated heterocycles. The van der Waals surface area contributed by atoms with E-state index in [0.717, 1.165) is 22.6 Å². The van der Waals surface area contributed by atoms with Crippen LogP contribution in [0.15, 0.2) is 24.4 Å². The molecule has 1 amide bonds. The maximum absolute atomic E-state index is 13.3. The molecule has 0 saturated carbocycles. The van der Waals surface area contributed by atoms with E-state index in [4.69, 9.17) is 21.1 Å². The standard InChI is InChI=1S/C29H37ClN8O4/c1-17-16-37-21(18(2)31-17)15-23(33-37)32-25-24-20(30)13-19(14-22(24)38(34-25)27(40)42-29(6,7)8)35-9-11-36(12-10-35)26(39)41-28(3,4)5/h13-16H,9-12H2,1-8H3,(H,32,33,34). The number of ether oxygens (including phenoxy) is 2. The van der Waals surface area contributed by atoms with Gasteiger partial charge < -0.3 is 24.6 Å². The van der Waals surface area contributed by atoms with Crippen molar-refractivity contribution in [3.63, 3.8) is 0 Å². The van der Waals surface area contributed by atoms with Gasteiger partial charge in [0, 0.05) is 37.9 Å². The molecule has 4 heterocycles. The van der Waals surface area contributed by atoms with Crippen molar-refractivity contribution in [3.8, 4) is 0 Å². The van der Waals surface area contributed by atoms with Crippen molar-refractivity contribution in [3.05, 3.63) is 40.8 Å². The van der Waals surface area contributed by atoms with E-state index in [1.54, 1.807) is 30.2 Å². The van der Waals surface area contributed by atoms with Crippen molar-refractivity contribution in [2.24, 2.45) is 0 Å². The molecule has 13 heteroatoms. The number of halogens is 1. The number of aryl methyl sites for hydroxylation is 2. The van der Waals surface area contributed by atoms with Gasteiger partial charge in [-0.2, -0.15) is 4.68 Å². The number of amides is 1. The first-order valence-electron chi connectivity index (χ1n) is 13.9. The minimum absolute atomic E-state index is 0.331. The number of hydrogen-bond donors (Lipinski definition) is 1. The molecule has 0 atom stereocenters. The van der Waals surface area contributed by atoms with Crippen molar-refractivity contribution in [1.29, 1.82) is 0 Å². The first-order valence-corrected chi connectivity index (χ1v) is 14.2. The van der Waals surface area contributed by atoms with Crippen molar-refractivity contribution in [2.45, 2.75) is 66.6 Å². The molecule has 0 unspecified atom stereocenters. The fraction of sp³-hybridized carbons (Fsp3) is 0.483. The number of benzene rings is 1. The predicted molar refractivity (Wildman–Crippen MR) is 162 cm³/mol. The van der Waals surface area contributed by atoms with Crippen LogP contribution < -0.4 is 10.2 Å². The van der Waals surface area contributed by atoms with E-state index in [1.807, 2.05) is 59.0 Å². The van der Waals surface area contributed by atoms with Crippen LogP contribution in [-0.4, -0.2) is 78.8 Å². The molecule has 1 fully saturated rings.